The molecule has 0 bridgehead atoms. The zero-order valence-corrected chi connectivity index (χ0v) is 24.8. The number of benzene rings is 1. The van der Waals surface area contributed by atoms with Gasteiger partial charge in [-0.15, -0.1) is 0 Å². The second kappa shape index (κ2) is 10.8. The molecule has 0 aliphatic heterocycles. The van der Waals surface area contributed by atoms with E-state index in [1.54, 1.807) is 0 Å². The molecule has 202 valence electrons. The van der Waals surface area contributed by atoms with Crippen molar-refractivity contribution in [2.45, 2.75) is 30.6 Å². The van der Waals surface area contributed by atoms with Crippen molar-refractivity contribution < 1.29 is 111 Å². The number of carbonyl (C=O) groups is 3. The van der Waals surface area contributed by atoms with Crippen LogP contribution < -0.4 is 62.0 Å². The maximum absolute atomic E-state index is 13.3. The van der Waals surface area contributed by atoms with Crippen LogP contribution in [0.2, 0.25) is 0 Å². The number of ketones is 2. The van der Waals surface area contributed by atoms with Gasteiger partial charge in [-0.1, -0.05) is 12.1 Å². The van der Waals surface area contributed by atoms with E-state index in [1.807, 2.05) is 0 Å². The molecule has 5 atom stereocenters. The smallest absolute Gasteiger partial charge is 0.756 e. The first-order valence-electron chi connectivity index (χ1n) is 10.7. The second-order valence-corrected chi connectivity index (χ2v) is 10.4. The number of phosphoric acid groups is 1. The number of nitrogens with zero attached hydrogens (tertiary/aromatic N) is 1. The van der Waals surface area contributed by atoms with Gasteiger partial charge >= 0.3 is 51.4 Å². The zero-order chi connectivity index (χ0) is 28.4. The summed E-state index contributed by atoms with van der Waals surface area (Å²) in [5.41, 5.74) is -0.654. The van der Waals surface area contributed by atoms with Gasteiger partial charge in [-0.3, -0.25) is 23.8 Å². The number of nitrogens with two attached hydrogens (primary N) is 1. The fraction of sp³-hybridized carbons (Fsp3) is 0.409. The molecule has 0 saturated heterocycles. The molecule has 0 heterocycles. The van der Waals surface area contributed by atoms with E-state index in [-0.39, 0.29) is 68.9 Å². The molecule has 1 aromatic rings. The topological polar surface area (TPSA) is 262 Å². The predicted molar refractivity (Wildman–Crippen MR) is 122 cm³/mol. The Balaban J connectivity index is 0.000000774. The van der Waals surface area contributed by atoms with Crippen LogP contribution in [0.25, 0.3) is 0 Å². The molecular formula is C22H26KN2O12P. The minimum absolute atomic E-state index is 0. The Hall–Kier alpha value is -1.46. The van der Waals surface area contributed by atoms with Gasteiger partial charge in [0.15, 0.2) is 11.4 Å². The second-order valence-electron chi connectivity index (χ2n) is 9.45. The Labute approximate surface area is 258 Å². The number of hydrogen-bond acceptors (Lipinski definition) is 11. The summed E-state index contributed by atoms with van der Waals surface area (Å²) in [5.74, 6) is -7.89. The number of Topliss-reactive ketones (excluding diaryl/α,β-unsaturated/α-hetero) is 2. The number of carbonyl (C=O) groups excluding carboxylic acids is 3. The van der Waals surface area contributed by atoms with Crippen LogP contribution in [0.15, 0.2) is 40.9 Å². The molecule has 0 spiro atoms. The summed E-state index contributed by atoms with van der Waals surface area (Å²) >= 11 is 0. The number of fused-ring (bicyclic) bond motifs is 3. The third-order valence-corrected chi connectivity index (χ3v) is 7.02. The van der Waals surface area contributed by atoms with Gasteiger partial charge in [-0.2, -0.15) is 0 Å². The molecule has 1 amide bonds. The molecular weight excluding hydrogens is 554 g/mol. The first-order valence-corrected chi connectivity index (χ1v) is 12.3. The average molecular weight is 581 g/mol. The normalized spacial score (nSPS) is 30.5. The summed E-state index contributed by atoms with van der Waals surface area (Å²) in [6.07, 6.45) is -0.200. The van der Waals surface area contributed by atoms with E-state index in [0.29, 0.717) is 0 Å². The van der Waals surface area contributed by atoms with Gasteiger partial charge in [0.25, 0.3) is 13.7 Å². The van der Waals surface area contributed by atoms with Gasteiger partial charge in [-0.25, -0.2) is 0 Å². The standard InChI is InChI=1S/C22H24N2O8.K.H3O4P/c1-21(31)8-5-4-6-11(25)12(8)16(26)13-9(21)7-10-15(24(2)3)17(27)14(20(23)30)19(29)22(10,32)18(13)28;;1-5(2,3)4/h4-6,9-10,15,25,27-28,31-32H,7H2,1-3H3,(H2,23,30);;(H3,1,2,3,4)/q;+1;/p-1/t9-,10-,15-,21+,22-;;/m0../s1. The van der Waals surface area contributed by atoms with Gasteiger partial charge < -0.3 is 45.9 Å². The van der Waals surface area contributed by atoms with E-state index in [0.717, 1.165) is 0 Å². The van der Waals surface area contributed by atoms with Crippen LogP contribution in [-0.2, 0) is 19.8 Å². The van der Waals surface area contributed by atoms with Crippen LogP contribution in [0.5, 0.6) is 5.75 Å². The molecule has 0 aromatic heterocycles. The number of aromatic hydroxyl groups is 1. The summed E-state index contributed by atoms with van der Waals surface area (Å²) in [7, 11) is -1.83. The quantitative estimate of drug-likeness (QED) is 0.0929. The van der Waals surface area contributed by atoms with Crippen molar-refractivity contribution in [3.05, 3.63) is 52.0 Å². The van der Waals surface area contributed by atoms with Crippen molar-refractivity contribution in [3.8, 4) is 5.75 Å². The molecule has 9 N–H and O–H groups in total. The number of phenolic OH excluding ortho intramolecular Hbond substituents is 1. The van der Waals surface area contributed by atoms with Crippen LogP contribution in [0.1, 0.15) is 29.3 Å². The molecule has 14 nitrogen and oxygen atoms in total. The number of aliphatic hydroxyl groups excluding tert-OH is 2. The van der Waals surface area contributed by atoms with E-state index in [2.05, 4.69) is 0 Å². The predicted octanol–water partition coefficient (Wildman–Crippen LogP) is -4.77. The van der Waals surface area contributed by atoms with Crippen molar-refractivity contribution in [1.82, 2.24) is 4.90 Å². The summed E-state index contributed by atoms with van der Waals surface area (Å²) in [4.78, 5) is 62.8. The fourth-order valence-corrected chi connectivity index (χ4v) is 5.51. The SMILES string of the molecule is CN(C)[C@@H]1C(O)=C(C(N)=O)C(=O)[C@@]2(O)C(O)=C3C(=O)c4c(O)cccc4[C@@](C)(O)[C@H]3C[C@@H]12.O=P([O-])(O)O.[K+]. The molecule has 16 heteroatoms. The molecule has 0 radical (unpaired) electrons. The number of rotatable bonds is 2. The number of likely N-dealkylation sites (N-methyl/N-ethyl adjacent to an activating group) is 1. The molecule has 1 aromatic carbocycles. The third-order valence-electron chi connectivity index (χ3n) is 7.02. The maximum Gasteiger partial charge on any atom is 1.00 e. The minimum atomic E-state index is -4.89. The first-order chi connectivity index (χ1) is 16.8. The number of aliphatic hydroxyl groups is 4. The van der Waals surface area contributed by atoms with Crippen molar-refractivity contribution >= 4 is 25.3 Å². The van der Waals surface area contributed by atoms with Crippen molar-refractivity contribution in [3.63, 3.8) is 0 Å². The molecule has 38 heavy (non-hydrogen) atoms. The largest absolute Gasteiger partial charge is 1.00 e. The Morgan fingerprint density at radius 2 is 1.68 bits per heavy atom. The molecule has 0 saturated carbocycles. The minimum Gasteiger partial charge on any atom is -0.756 e. The van der Waals surface area contributed by atoms with Crippen LogP contribution in [0.3, 0.4) is 0 Å². The Bertz CT molecular complexity index is 1310. The molecule has 0 unspecified atom stereocenters. The molecule has 4 rings (SSSR count). The van der Waals surface area contributed by atoms with E-state index in [9.17, 15) is 39.9 Å². The summed E-state index contributed by atoms with van der Waals surface area (Å²) < 4.78 is 8.77. The average Bonchev–Trinajstić information content (AvgIpc) is 2.73. The number of primary amides is 1. The summed E-state index contributed by atoms with van der Waals surface area (Å²) in [5, 5.41) is 55.0. The van der Waals surface area contributed by atoms with Crippen molar-refractivity contribution in [1.29, 1.82) is 0 Å². The molecule has 3 aliphatic carbocycles. The van der Waals surface area contributed by atoms with Crippen LogP contribution in [0.4, 0.5) is 0 Å². The number of phenols is 1. The van der Waals surface area contributed by atoms with E-state index in [1.165, 1.54) is 44.1 Å². The summed E-state index contributed by atoms with van der Waals surface area (Å²) in [6.45, 7) is 1.40. The van der Waals surface area contributed by atoms with Crippen molar-refractivity contribution in [2.24, 2.45) is 17.6 Å². The zero-order valence-electron chi connectivity index (χ0n) is 20.8. The van der Waals surface area contributed by atoms with Crippen LogP contribution >= 0.6 is 7.82 Å². The van der Waals surface area contributed by atoms with E-state index >= 15 is 0 Å². The van der Waals surface area contributed by atoms with E-state index in [4.69, 9.17) is 25.0 Å². The molecule has 3 aliphatic rings. The van der Waals surface area contributed by atoms with Crippen LogP contribution in [-0.4, -0.2) is 83.4 Å². The van der Waals surface area contributed by atoms with Gasteiger partial charge in [0.2, 0.25) is 5.78 Å². The Morgan fingerprint density at radius 1 is 1.16 bits per heavy atom. The fourth-order valence-electron chi connectivity index (χ4n) is 5.51. The third kappa shape index (κ3) is 5.19. The Morgan fingerprint density at radius 3 is 2.16 bits per heavy atom. The monoisotopic (exact) mass is 580 g/mol. The van der Waals surface area contributed by atoms with Gasteiger partial charge in [0.1, 0.15) is 22.8 Å². The number of hydrogen-bond donors (Lipinski definition) is 8. The van der Waals surface area contributed by atoms with Crippen LogP contribution in [0, 0.1) is 11.8 Å². The van der Waals surface area contributed by atoms with Gasteiger partial charge in [0, 0.05) is 17.4 Å². The van der Waals surface area contributed by atoms with E-state index < -0.39 is 82.8 Å². The maximum atomic E-state index is 13.3. The van der Waals surface area contributed by atoms with Gasteiger partial charge in [0.05, 0.1) is 17.2 Å². The van der Waals surface area contributed by atoms with Crippen molar-refractivity contribution in [2.75, 3.05) is 14.1 Å². The Kier molecular flexibility index (Phi) is 9.34. The first kappa shape index (κ1) is 32.7. The summed E-state index contributed by atoms with van der Waals surface area (Å²) in [6, 6.07) is 3.05. The number of amides is 1. The molecule has 0 fully saturated rings. The van der Waals surface area contributed by atoms with Gasteiger partial charge in [-0.05, 0) is 39.1 Å².